The maximum Gasteiger partial charge on any atom is 0.326 e. The van der Waals surface area contributed by atoms with Gasteiger partial charge in [-0.2, -0.15) is 0 Å². The average molecular weight is 275 g/mol. The SMILES string of the molecule is CC1(C)CC1C(=O)NC(CCc1ccccc1)C(=O)O. The van der Waals surface area contributed by atoms with Crippen molar-refractivity contribution >= 4 is 11.9 Å². The zero-order chi connectivity index (χ0) is 14.8. The largest absolute Gasteiger partial charge is 0.480 e. The number of rotatable bonds is 6. The van der Waals surface area contributed by atoms with Crippen LogP contribution in [0, 0.1) is 11.3 Å². The number of aryl methyl sites for hydroxylation is 1. The highest BCUT2D eigenvalue weighted by atomic mass is 16.4. The van der Waals surface area contributed by atoms with Crippen LogP contribution in [-0.2, 0) is 16.0 Å². The summed E-state index contributed by atoms with van der Waals surface area (Å²) in [5, 5.41) is 11.9. The first-order chi connectivity index (χ1) is 9.40. The maximum atomic E-state index is 12.0. The topological polar surface area (TPSA) is 66.4 Å². The minimum Gasteiger partial charge on any atom is -0.480 e. The van der Waals surface area contributed by atoms with Gasteiger partial charge in [0.1, 0.15) is 6.04 Å². The summed E-state index contributed by atoms with van der Waals surface area (Å²) in [6.45, 7) is 4.05. The second-order valence-corrected chi connectivity index (χ2v) is 6.17. The van der Waals surface area contributed by atoms with E-state index in [2.05, 4.69) is 5.32 Å². The second-order valence-electron chi connectivity index (χ2n) is 6.17. The Hall–Kier alpha value is -1.84. The Morgan fingerprint density at radius 2 is 1.95 bits per heavy atom. The highest BCUT2D eigenvalue weighted by molar-refractivity contribution is 5.87. The number of carbonyl (C=O) groups is 2. The molecule has 2 atom stereocenters. The summed E-state index contributed by atoms with van der Waals surface area (Å²) in [5.41, 5.74) is 1.10. The Labute approximate surface area is 119 Å². The van der Waals surface area contributed by atoms with Crippen molar-refractivity contribution in [1.29, 1.82) is 0 Å². The molecule has 2 N–H and O–H groups in total. The molecule has 1 saturated carbocycles. The van der Waals surface area contributed by atoms with E-state index in [9.17, 15) is 14.7 Å². The van der Waals surface area contributed by atoms with Crippen LogP contribution in [0.5, 0.6) is 0 Å². The molecule has 2 unspecified atom stereocenters. The lowest BCUT2D eigenvalue weighted by Crippen LogP contribution is -2.42. The molecule has 20 heavy (non-hydrogen) atoms. The van der Waals surface area contributed by atoms with Gasteiger partial charge >= 0.3 is 5.97 Å². The van der Waals surface area contributed by atoms with Gasteiger partial charge in [-0.15, -0.1) is 0 Å². The van der Waals surface area contributed by atoms with Crippen molar-refractivity contribution < 1.29 is 14.7 Å². The number of amides is 1. The molecule has 2 rings (SSSR count). The molecule has 108 valence electrons. The Morgan fingerprint density at radius 3 is 2.45 bits per heavy atom. The van der Waals surface area contributed by atoms with Gasteiger partial charge in [0.2, 0.25) is 5.91 Å². The number of nitrogens with one attached hydrogen (secondary N) is 1. The molecular weight excluding hydrogens is 254 g/mol. The molecule has 1 aromatic carbocycles. The molecule has 1 aliphatic rings. The molecule has 0 spiro atoms. The highest BCUT2D eigenvalue weighted by Gasteiger charge is 2.51. The quantitative estimate of drug-likeness (QED) is 0.836. The Bertz CT molecular complexity index is 496. The van der Waals surface area contributed by atoms with E-state index in [0.717, 1.165) is 12.0 Å². The van der Waals surface area contributed by atoms with Gasteiger partial charge in [0.05, 0.1) is 0 Å². The summed E-state index contributed by atoms with van der Waals surface area (Å²) in [4.78, 5) is 23.2. The maximum absolute atomic E-state index is 12.0. The Kier molecular flexibility index (Phi) is 4.12. The lowest BCUT2D eigenvalue weighted by molar-refractivity contribution is -0.142. The Balaban J connectivity index is 1.88. The number of carbonyl (C=O) groups excluding carboxylic acids is 1. The summed E-state index contributed by atoms with van der Waals surface area (Å²) < 4.78 is 0. The number of carboxylic acid groups (broad SMARTS) is 1. The molecule has 1 aromatic rings. The van der Waals surface area contributed by atoms with E-state index in [0.29, 0.717) is 12.8 Å². The number of hydrogen-bond acceptors (Lipinski definition) is 2. The third-order valence-electron chi connectivity index (χ3n) is 4.01. The number of benzene rings is 1. The van der Waals surface area contributed by atoms with E-state index in [4.69, 9.17) is 0 Å². The van der Waals surface area contributed by atoms with E-state index in [-0.39, 0.29) is 17.2 Å². The van der Waals surface area contributed by atoms with Crippen LogP contribution in [0.15, 0.2) is 30.3 Å². The molecule has 0 bridgehead atoms. The molecule has 0 aliphatic heterocycles. The van der Waals surface area contributed by atoms with Crippen LogP contribution in [0.2, 0.25) is 0 Å². The number of hydrogen-bond donors (Lipinski definition) is 2. The first-order valence-electron chi connectivity index (χ1n) is 6.97. The normalized spacial score (nSPS) is 21.0. The second kappa shape index (κ2) is 5.65. The van der Waals surface area contributed by atoms with Crippen LogP contribution in [0.3, 0.4) is 0 Å². The first kappa shape index (κ1) is 14.6. The third kappa shape index (κ3) is 3.59. The molecule has 4 heteroatoms. The van der Waals surface area contributed by atoms with Crippen LogP contribution < -0.4 is 5.32 Å². The van der Waals surface area contributed by atoms with E-state index < -0.39 is 12.0 Å². The van der Waals surface area contributed by atoms with Gasteiger partial charge in [-0.3, -0.25) is 4.79 Å². The predicted molar refractivity (Wildman–Crippen MR) is 76.2 cm³/mol. The van der Waals surface area contributed by atoms with Gasteiger partial charge in [-0.1, -0.05) is 44.2 Å². The third-order valence-corrected chi connectivity index (χ3v) is 4.01. The zero-order valence-corrected chi connectivity index (χ0v) is 11.9. The standard InChI is InChI=1S/C16H21NO3/c1-16(2)10-12(16)14(18)17-13(15(19)20)9-8-11-6-4-3-5-7-11/h3-7,12-13H,8-10H2,1-2H3,(H,17,18)(H,19,20). The van der Waals surface area contributed by atoms with Crippen molar-refractivity contribution in [3.8, 4) is 0 Å². The van der Waals surface area contributed by atoms with E-state index in [1.165, 1.54) is 0 Å². The van der Waals surface area contributed by atoms with Gasteiger partial charge in [-0.25, -0.2) is 4.79 Å². The number of carboxylic acids is 1. The molecule has 1 aliphatic carbocycles. The van der Waals surface area contributed by atoms with Crippen LogP contribution in [0.4, 0.5) is 0 Å². The molecular formula is C16H21NO3. The fourth-order valence-corrected chi connectivity index (χ4v) is 2.40. The van der Waals surface area contributed by atoms with Gasteiger partial charge in [0.15, 0.2) is 0 Å². The van der Waals surface area contributed by atoms with Crippen molar-refractivity contribution in [2.75, 3.05) is 0 Å². The molecule has 1 amide bonds. The van der Waals surface area contributed by atoms with Crippen LogP contribution in [-0.4, -0.2) is 23.0 Å². The van der Waals surface area contributed by atoms with E-state index >= 15 is 0 Å². The molecule has 1 fully saturated rings. The average Bonchev–Trinajstić information content (AvgIpc) is 3.04. The minimum absolute atomic E-state index is 0.0204. The summed E-state index contributed by atoms with van der Waals surface area (Å²) in [6, 6.07) is 8.90. The Morgan fingerprint density at radius 1 is 1.35 bits per heavy atom. The van der Waals surface area contributed by atoms with Gasteiger partial charge in [-0.05, 0) is 30.2 Å². The molecule has 0 radical (unpaired) electrons. The molecule has 0 heterocycles. The van der Waals surface area contributed by atoms with Crippen LogP contribution in [0.25, 0.3) is 0 Å². The minimum atomic E-state index is -0.965. The van der Waals surface area contributed by atoms with Crippen molar-refractivity contribution in [2.24, 2.45) is 11.3 Å². The highest BCUT2D eigenvalue weighted by Crippen LogP contribution is 2.51. The van der Waals surface area contributed by atoms with E-state index in [1.807, 2.05) is 44.2 Å². The fraction of sp³-hybridized carbons (Fsp3) is 0.500. The van der Waals surface area contributed by atoms with E-state index in [1.54, 1.807) is 0 Å². The number of aliphatic carboxylic acids is 1. The summed E-state index contributed by atoms with van der Waals surface area (Å²) in [7, 11) is 0. The molecule has 0 saturated heterocycles. The summed E-state index contributed by atoms with van der Waals surface area (Å²) in [5.74, 6) is -1.13. The summed E-state index contributed by atoms with van der Waals surface area (Å²) >= 11 is 0. The lowest BCUT2D eigenvalue weighted by Gasteiger charge is -2.15. The van der Waals surface area contributed by atoms with Crippen molar-refractivity contribution in [3.05, 3.63) is 35.9 Å². The molecule has 0 aromatic heterocycles. The van der Waals surface area contributed by atoms with Crippen molar-refractivity contribution in [3.63, 3.8) is 0 Å². The predicted octanol–water partition coefficient (Wildman–Crippen LogP) is 2.23. The fourth-order valence-electron chi connectivity index (χ4n) is 2.40. The summed E-state index contributed by atoms with van der Waals surface area (Å²) in [6.07, 6.45) is 1.90. The van der Waals surface area contributed by atoms with Gasteiger partial charge in [0, 0.05) is 5.92 Å². The van der Waals surface area contributed by atoms with Crippen molar-refractivity contribution in [1.82, 2.24) is 5.32 Å². The lowest BCUT2D eigenvalue weighted by atomic mass is 10.0. The van der Waals surface area contributed by atoms with Gasteiger partial charge in [0.25, 0.3) is 0 Å². The van der Waals surface area contributed by atoms with Crippen LogP contribution >= 0.6 is 0 Å². The molecule has 4 nitrogen and oxygen atoms in total. The monoisotopic (exact) mass is 275 g/mol. The van der Waals surface area contributed by atoms with Gasteiger partial charge < -0.3 is 10.4 Å². The van der Waals surface area contributed by atoms with Crippen molar-refractivity contribution in [2.45, 2.75) is 39.2 Å². The first-order valence-corrected chi connectivity index (χ1v) is 6.97. The van der Waals surface area contributed by atoms with Crippen LogP contribution in [0.1, 0.15) is 32.3 Å². The smallest absolute Gasteiger partial charge is 0.326 e. The zero-order valence-electron chi connectivity index (χ0n) is 11.9.